The molecule has 1 aliphatic carbocycles. The second-order valence-corrected chi connectivity index (χ2v) is 5.17. The van der Waals surface area contributed by atoms with Gasteiger partial charge in [0, 0.05) is 12.6 Å². The lowest BCUT2D eigenvalue weighted by molar-refractivity contribution is 0.1000. The largest absolute Gasteiger partial charge is 0.468 e. The van der Waals surface area contributed by atoms with Crippen LogP contribution in [-0.4, -0.2) is 22.6 Å². The molecule has 0 radical (unpaired) electrons. The van der Waals surface area contributed by atoms with Crippen LogP contribution >= 0.6 is 0 Å². The Morgan fingerprint density at radius 2 is 1.95 bits per heavy atom. The maximum atomic E-state index is 10.3. The third-order valence-corrected chi connectivity index (χ3v) is 3.59. The molecule has 3 nitrogen and oxygen atoms in total. The van der Waals surface area contributed by atoms with E-state index in [4.69, 9.17) is 4.42 Å². The standard InChI is InChI=1S/C16H19NO2/c18-16(13-5-2-1-3-6-13)12-17(14-8-9-14)11-15-7-4-10-19-15/h1-7,10,14,16,18H,8-9,11-12H2. The zero-order chi connectivity index (χ0) is 13.1. The predicted molar refractivity (Wildman–Crippen MR) is 73.5 cm³/mol. The Labute approximate surface area is 113 Å². The van der Waals surface area contributed by atoms with E-state index >= 15 is 0 Å². The average Bonchev–Trinajstić information content (AvgIpc) is 3.17. The number of benzene rings is 1. The number of hydrogen-bond acceptors (Lipinski definition) is 3. The molecule has 3 rings (SSSR count). The Morgan fingerprint density at radius 3 is 2.58 bits per heavy atom. The van der Waals surface area contributed by atoms with Gasteiger partial charge in [0.15, 0.2) is 0 Å². The fraction of sp³-hybridized carbons (Fsp3) is 0.375. The highest BCUT2D eigenvalue weighted by Gasteiger charge is 2.30. The number of rotatable bonds is 6. The van der Waals surface area contributed by atoms with Crippen LogP contribution in [0.2, 0.25) is 0 Å². The van der Waals surface area contributed by atoms with E-state index in [-0.39, 0.29) is 0 Å². The first-order valence-electron chi connectivity index (χ1n) is 6.82. The zero-order valence-corrected chi connectivity index (χ0v) is 10.9. The van der Waals surface area contributed by atoms with Crippen molar-refractivity contribution >= 4 is 0 Å². The molecule has 0 aliphatic heterocycles. The van der Waals surface area contributed by atoms with Crippen molar-refractivity contribution in [3.05, 3.63) is 60.1 Å². The Morgan fingerprint density at radius 1 is 1.16 bits per heavy atom. The third kappa shape index (κ3) is 3.25. The molecule has 0 amide bonds. The highest BCUT2D eigenvalue weighted by atomic mass is 16.3. The molecule has 100 valence electrons. The summed E-state index contributed by atoms with van der Waals surface area (Å²) in [5.41, 5.74) is 0.979. The summed E-state index contributed by atoms with van der Waals surface area (Å²) in [6, 6.07) is 14.4. The molecular formula is C16H19NO2. The van der Waals surface area contributed by atoms with Crippen LogP contribution in [0, 0.1) is 0 Å². The Bertz CT molecular complexity index is 491. The van der Waals surface area contributed by atoms with Crippen molar-refractivity contribution in [3.63, 3.8) is 0 Å². The highest BCUT2D eigenvalue weighted by Crippen LogP contribution is 2.30. The van der Waals surface area contributed by atoms with Crippen LogP contribution < -0.4 is 0 Å². The van der Waals surface area contributed by atoms with E-state index in [1.807, 2.05) is 42.5 Å². The summed E-state index contributed by atoms with van der Waals surface area (Å²) in [6.45, 7) is 1.44. The molecule has 1 fully saturated rings. The molecule has 1 atom stereocenters. The molecule has 1 saturated carbocycles. The lowest BCUT2D eigenvalue weighted by atomic mass is 10.1. The van der Waals surface area contributed by atoms with Gasteiger partial charge in [-0.1, -0.05) is 30.3 Å². The van der Waals surface area contributed by atoms with E-state index in [0.29, 0.717) is 12.6 Å². The lowest BCUT2D eigenvalue weighted by Crippen LogP contribution is -2.30. The Hall–Kier alpha value is -1.58. The first-order valence-corrected chi connectivity index (χ1v) is 6.82. The van der Waals surface area contributed by atoms with Crippen molar-refractivity contribution in [2.45, 2.75) is 31.5 Å². The van der Waals surface area contributed by atoms with Crippen molar-refractivity contribution in [1.29, 1.82) is 0 Å². The van der Waals surface area contributed by atoms with Crippen molar-refractivity contribution in [3.8, 4) is 0 Å². The normalized spacial score (nSPS) is 16.7. The molecule has 1 aromatic heterocycles. The summed E-state index contributed by atoms with van der Waals surface area (Å²) < 4.78 is 5.41. The fourth-order valence-corrected chi connectivity index (χ4v) is 2.39. The monoisotopic (exact) mass is 257 g/mol. The van der Waals surface area contributed by atoms with Crippen molar-refractivity contribution in [2.24, 2.45) is 0 Å². The molecule has 0 spiro atoms. The van der Waals surface area contributed by atoms with Crippen LogP contribution in [-0.2, 0) is 6.54 Å². The van der Waals surface area contributed by atoms with Gasteiger partial charge >= 0.3 is 0 Å². The lowest BCUT2D eigenvalue weighted by Gasteiger charge is -2.24. The molecule has 1 heterocycles. The smallest absolute Gasteiger partial charge is 0.117 e. The minimum absolute atomic E-state index is 0.434. The fourth-order valence-electron chi connectivity index (χ4n) is 2.39. The molecule has 2 aromatic rings. The SMILES string of the molecule is OC(CN(Cc1ccco1)C1CC1)c1ccccc1. The third-order valence-electron chi connectivity index (χ3n) is 3.59. The summed E-state index contributed by atoms with van der Waals surface area (Å²) in [7, 11) is 0. The van der Waals surface area contributed by atoms with E-state index in [0.717, 1.165) is 17.9 Å². The molecule has 0 saturated heterocycles. The van der Waals surface area contributed by atoms with E-state index in [2.05, 4.69) is 4.90 Å². The molecule has 19 heavy (non-hydrogen) atoms. The minimum atomic E-state index is -0.434. The van der Waals surface area contributed by atoms with Gasteiger partial charge in [-0.15, -0.1) is 0 Å². The second kappa shape index (κ2) is 5.59. The van der Waals surface area contributed by atoms with Crippen LogP contribution in [0.25, 0.3) is 0 Å². The predicted octanol–water partition coefficient (Wildman–Crippen LogP) is 2.98. The van der Waals surface area contributed by atoms with Gasteiger partial charge in [0.25, 0.3) is 0 Å². The van der Waals surface area contributed by atoms with Crippen LogP contribution in [0.5, 0.6) is 0 Å². The molecule has 1 aromatic carbocycles. The van der Waals surface area contributed by atoms with Crippen LogP contribution in [0.3, 0.4) is 0 Å². The van der Waals surface area contributed by atoms with Gasteiger partial charge in [0.2, 0.25) is 0 Å². The maximum Gasteiger partial charge on any atom is 0.117 e. The van der Waals surface area contributed by atoms with Crippen LogP contribution in [0.15, 0.2) is 53.1 Å². The van der Waals surface area contributed by atoms with Gasteiger partial charge in [-0.2, -0.15) is 0 Å². The zero-order valence-electron chi connectivity index (χ0n) is 10.9. The number of aliphatic hydroxyl groups excluding tert-OH is 1. The van der Waals surface area contributed by atoms with Gasteiger partial charge in [0.05, 0.1) is 18.9 Å². The van der Waals surface area contributed by atoms with E-state index < -0.39 is 6.10 Å². The first kappa shape index (κ1) is 12.5. The van der Waals surface area contributed by atoms with Crippen molar-refractivity contribution < 1.29 is 9.52 Å². The van der Waals surface area contributed by atoms with Crippen molar-refractivity contribution in [1.82, 2.24) is 4.90 Å². The molecule has 1 unspecified atom stereocenters. The topological polar surface area (TPSA) is 36.6 Å². The summed E-state index contributed by atoms with van der Waals surface area (Å²) >= 11 is 0. The maximum absolute atomic E-state index is 10.3. The van der Waals surface area contributed by atoms with Gasteiger partial charge < -0.3 is 9.52 Å². The molecule has 3 heteroatoms. The highest BCUT2D eigenvalue weighted by molar-refractivity contribution is 5.17. The molecular weight excluding hydrogens is 238 g/mol. The van der Waals surface area contributed by atoms with E-state index in [9.17, 15) is 5.11 Å². The first-order chi connectivity index (χ1) is 9.33. The number of hydrogen-bond donors (Lipinski definition) is 1. The average molecular weight is 257 g/mol. The van der Waals surface area contributed by atoms with Crippen LogP contribution in [0.1, 0.15) is 30.3 Å². The summed E-state index contributed by atoms with van der Waals surface area (Å²) in [4.78, 5) is 2.32. The van der Waals surface area contributed by atoms with Crippen LogP contribution in [0.4, 0.5) is 0 Å². The Balaban J connectivity index is 1.65. The molecule has 0 bridgehead atoms. The number of furan rings is 1. The summed E-state index contributed by atoms with van der Waals surface area (Å²) in [5.74, 6) is 0.965. The summed E-state index contributed by atoms with van der Waals surface area (Å²) in [5, 5.41) is 10.3. The van der Waals surface area contributed by atoms with Gasteiger partial charge in [-0.25, -0.2) is 0 Å². The van der Waals surface area contributed by atoms with Crippen molar-refractivity contribution in [2.75, 3.05) is 6.54 Å². The quantitative estimate of drug-likeness (QED) is 0.864. The van der Waals surface area contributed by atoms with Gasteiger partial charge in [-0.3, -0.25) is 4.90 Å². The van der Waals surface area contributed by atoms with Gasteiger partial charge in [0.1, 0.15) is 5.76 Å². The van der Waals surface area contributed by atoms with Gasteiger partial charge in [-0.05, 0) is 30.5 Å². The molecule has 1 N–H and O–H groups in total. The Kier molecular flexibility index (Phi) is 3.67. The molecule has 1 aliphatic rings. The van der Waals surface area contributed by atoms with E-state index in [1.54, 1.807) is 6.26 Å². The number of nitrogens with zero attached hydrogens (tertiary/aromatic N) is 1. The summed E-state index contributed by atoms with van der Waals surface area (Å²) in [6.07, 6.45) is 3.72. The minimum Gasteiger partial charge on any atom is -0.468 e. The van der Waals surface area contributed by atoms with E-state index in [1.165, 1.54) is 12.8 Å². The number of aliphatic hydroxyl groups is 1. The second-order valence-electron chi connectivity index (χ2n) is 5.17.